The van der Waals surface area contributed by atoms with E-state index in [0.717, 1.165) is 36.9 Å². The molecule has 0 spiro atoms. The van der Waals surface area contributed by atoms with Crippen LogP contribution in [0, 0.1) is 18.3 Å². The highest BCUT2D eigenvalue weighted by atomic mass is 16.5. The van der Waals surface area contributed by atoms with Crippen molar-refractivity contribution in [2.24, 2.45) is 17.1 Å². The maximum absolute atomic E-state index is 12.7. The zero-order valence-electron chi connectivity index (χ0n) is 13.2. The summed E-state index contributed by atoms with van der Waals surface area (Å²) in [6.45, 7) is 4.64. The monoisotopic (exact) mass is 290 g/mol. The van der Waals surface area contributed by atoms with Crippen molar-refractivity contribution < 1.29 is 9.53 Å². The topological polar surface area (TPSA) is 64.3 Å². The zero-order valence-corrected chi connectivity index (χ0v) is 13.2. The number of carbonyl (C=O) groups is 1. The molecule has 0 aliphatic heterocycles. The molecular formula is C17H26N2O2. The molecule has 4 nitrogen and oxygen atoms in total. The Labute approximate surface area is 127 Å². The average molecular weight is 290 g/mol. The van der Waals surface area contributed by atoms with Crippen LogP contribution in [0.25, 0.3) is 0 Å². The van der Waals surface area contributed by atoms with E-state index in [-0.39, 0.29) is 5.91 Å². The maximum atomic E-state index is 12.7. The Hall–Kier alpha value is -1.55. The normalized spacial score (nSPS) is 25.4. The van der Waals surface area contributed by atoms with Crippen LogP contribution in [0.15, 0.2) is 18.2 Å². The van der Waals surface area contributed by atoms with Gasteiger partial charge in [-0.2, -0.15) is 0 Å². The first-order valence-corrected chi connectivity index (χ1v) is 7.67. The molecular weight excluding hydrogens is 264 g/mol. The molecule has 1 aromatic rings. The molecule has 1 saturated carbocycles. The number of nitrogens with two attached hydrogens (primary N) is 1. The lowest BCUT2D eigenvalue weighted by Crippen LogP contribution is -2.44. The predicted octanol–water partition coefficient (Wildman–Crippen LogP) is 3.10. The number of rotatable bonds is 4. The van der Waals surface area contributed by atoms with E-state index in [1.165, 1.54) is 0 Å². The SMILES string of the molecule is COc1cc(C)ccc1NC(=O)C1(CN)CCC(C)CC1. The largest absolute Gasteiger partial charge is 0.495 e. The number of nitrogens with one attached hydrogen (secondary N) is 1. The predicted molar refractivity (Wildman–Crippen MR) is 85.5 cm³/mol. The molecule has 1 aliphatic rings. The summed E-state index contributed by atoms with van der Waals surface area (Å²) < 4.78 is 5.35. The van der Waals surface area contributed by atoms with E-state index >= 15 is 0 Å². The summed E-state index contributed by atoms with van der Waals surface area (Å²) in [7, 11) is 1.62. The number of hydrogen-bond acceptors (Lipinski definition) is 3. The Bertz CT molecular complexity index is 506. The van der Waals surface area contributed by atoms with Gasteiger partial charge >= 0.3 is 0 Å². The second-order valence-electron chi connectivity index (χ2n) is 6.32. The fourth-order valence-corrected chi connectivity index (χ4v) is 3.00. The summed E-state index contributed by atoms with van der Waals surface area (Å²) >= 11 is 0. The van der Waals surface area contributed by atoms with Crippen LogP contribution in [0.5, 0.6) is 5.75 Å². The lowest BCUT2D eigenvalue weighted by atomic mass is 9.70. The van der Waals surface area contributed by atoms with Crippen LogP contribution in [-0.4, -0.2) is 19.6 Å². The van der Waals surface area contributed by atoms with Crippen molar-refractivity contribution >= 4 is 11.6 Å². The lowest BCUT2D eigenvalue weighted by molar-refractivity contribution is -0.127. The Morgan fingerprint density at radius 1 is 1.43 bits per heavy atom. The second kappa shape index (κ2) is 6.48. The van der Waals surface area contributed by atoms with E-state index in [0.29, 0.717) is 18.2 Å². The van der Waals surface area contributed by atoms with Crippen molar-refractivity contribution in [3.05, 3.63) is 23.8 Å². The van der Waals surface area contributed by atoms with Crippen LogP contribution in [0.2, 0.25) is 0 Å². The van der Waals surface area contributed by atoms with Crippen molar-refractivity contribution in [1.82, 2.24) is 0 Å². The molecule has 1 amide bonds. The molecule has 0 heterocycles. The van der Waals surface area contributed by atoms with Crippen LogP contribution in [0.4, 0.5) is 5.69 Å². The number of benzene rings is 1. The summed E-state index contributed by atoms with van der Waals surface area (Å²) in [5.74, 6) is 1.41. The minimum absolute atomic E-state index is 0.0269. The maximum Gasteiger partial charge on any atom is 0.231 e. The third-order valence-electron chi connectivity index (χ3n) is 4.71. The number of aryl methyl sites for hydroxylation is 1. The fraction of sp³-hybridized carbons (Fsp3) is 0.588. The first-order chi connectivity index (χ1) is 10.0. The highest BCUT2D eigenvalue weighted by Gasteiger charge is 2.40. The van der Waals surface area contributed by atoms with Crippen LogP contribution in [0.1, 0.15) is 38.2 Å². The molecule has 0 radical (unpaired) electrons. The molecule has 2 rings (SSSR count). The van der Waals surface area contributed by atoms with Crippen molar-refractivity contribution in [3.8, 4) is 5.75 Å². The Morgan fingerprint density at radius 2 is 2.10 bits per heavy atom. The van der Waals surface area contributed by atoms with Gasteiger partial charge in [0.05, 0.1) is 18.2 Å². The van der Waals surface area contributed by atoms with Gasteiger partial charge in [-0.15, -0.1) is 0 Å². The van der Waals surface area contributed by atoms with Gasteiger partial charge in [0.15, 0.2) is 0 Å². The molecule has 1 aromatic carbocycles. The van der Waals surface area contributed by atoms with Gasteiger partial charge in [-0.25, -0.2) is 0 Å². The number of methoxy groups -OCH3 is 1. The minimum Gasteiger partial charge on any atom is -0.495 e. The van der Waals surface area contributed by atoms with Gasteiger partial charge in [0.25, 0.3) is 0 Å². The molecule has 0 aromatic heterocycles. The van der Waals surface area contributed by atoms with E-state index in [1.807, 2.05) is 25.1 Å². The molecule has 0 bridgehead atoms. The molecule has 0 saturated heterocycles. The first kappa shape index (κ1) is 15.8. The number of anilines is 1. The van der Waals surface area contributed by atoms with Gasteiger partial charge in [0.2, 0.25) is 5.91 Å². The molecule has 21 heavy (non-hydrogen) atoms. The Kier molecular flexibility index (Phi) is 4.88. The summed E-state index contributed by atoms with van der Waals surface area (Å²) in [6.07, 6.45) is 3.86. The van der Waals surface area contributed by atoms with E-state index in [2.05, 4.69) is 12.2 Å². The molecule has 0 atom stereocenters. The number of carbonyl (C=O) groups excluding carboxylic acids is 1. The van der Waals surface area contributed by atoms with Crippen molar-refractivity contribution in [1.29, 1.82) is 0 Å². The lowest BCUT2D eigenvalue weighted by Gasteiger charge is -2.37. The number of ether oxygens (including phenoxy) is 1. The van der Waals surface area contributed by atoms with Gasteiger partial charge in [-0.3, -0.25) is 4.79 Å². The van der Waals surface area contributed by atoms with Crippen molar-refractivity contribution in [2.45, 2.75) is 39.5 Å². The van der Waals surface area contributed by atoms with Crippen LogP contribution < -0.4 is 15.8 Å². The highest BCUT2D eigenvalue weighted by Crippen LogP contribution is 2.39. The molecule has 1 fully saturated rings. The van der Waals surface area contributed by atoms with Gasteiger partial charge < -0.3 is 15.8 Å². The standard InChI is InChI=1S/C17H26N2O2/c1-12-6-8-17(11-18,9-7-12)16(20)19-14-5-4-13(2)10-15(14)21-3/h4-5,10,12H,6-9,11,18H2,1-3H3,(H,19,20). The fourth-order valence-electron chi connectivity index (χ4n) is 3.00. The van der Waals surface area contributed by atoms with E-state index in [4.69, 9.17) is 10.5 Å². The van der Waals surface area contributed by atoms with E-state index in [9.17, 15) is 4.79 Å². The molecule has 4 heteroatoms. The molecule has 116 valence electrons. The third kappa shape index (κ3) is 3.38. The van der Waals surface area contributed by atoms with Crippen molar-refractivity contribution in [3.63, 3.8) is 0 Å². The van der Waals surface area contributed by atoms with Gasteiger partial charge in [-0.1, -0.05) is 13.0 Å². The Balaban J connectivity index is 2.16. The number of amides is 1. The van der Waals surface area contributed by atoms with Gasteiger partial charge in [-0.05, 0) is 56.2 Å². The van der Waals surface area contributed by atoms with Gasteiger partial charge in [0, 0.05) is 6.54 Å². The summed E-state index contributed by atoms with van der Waals surface area (Å²) in [5, 5.41) is 3.02. The average Bonchev–Trinajstić information content (AvgIpc) is 2.50. The smallest absolute Gasteiger partial charge is 0.231 e. The molecule has 3 N–H and O–H groups in total. The molecule has 0 unspecified atom stereocenters. The van der Waals surface area contributed by atoms with Crippen LogP contribution >= 0.6 is 0 Å². The van der Waals surface area contributed by atoms with Gasteiger partial charge in [0.1, 0.15) is 5.75 Å². The zero-order chi connectivity index (χ0) is 15.5. The van der Waals surface area contributed by atoms with Crippen molar-refractivity contribution in [2.75, 3.05) is 19.0 Å². The highest BCUT2D eigenvalue weighted by molar-refractivity contribution is 5.96. The second-order valence-corrected chi connectivity index (χ2v) is 6.32. The first-order valence-electron chi connectivity index (χ1n) is 7.67. The van der Waals surface area contributed by atoms with Crippen LogP contribution in [-0.2, 0) is 4.79 Å². The van der Waals surface area contributed by atoms with Crippen LogP contribution in [0.3, 0.4) is 0 Å². The third-order valence-corrected chi connectivity index (χ3v) is 4.71. The number of hydrogen-bond donors (Lipinski definition) is 2. The minimum atomic E-state index is -0.428. The summed E-state index contributed by atoms with van der Waals surface area (Å²) in [5.41, 5.74) is 7.34. The van der Waals surface area contributed by atoms with E-state index < -0.39 is 5.41 Å². The van der Waals surface area contributed by atoms with E-state index in [1.54, 1.807) is 7.11 Å². The summed E-state index contributed by atoms with van der Waals surface area (Å²) in [6, 6.07) is 5.78. The molecule has 1 aliphatic carbocycles. The summed E-state index contributed by atoms with van der Waals surface area (Å²) in [4.78, 5) is 12.7. The Morgan fingerprint density at radius 3 is 2.67 bits per heavy atom. The quantitative estimate of drug-likeness (QED) is 0.895.